The fourth-order valence-corrected chi connectivity index (χ4v) is 2.54. The summed E-state index contributed by atoms with van der Waals surface area (Å²) >= 11 is 0. The van der Waals surface area contributed by atoms with E-state index in [0.717, 1.165) is 12.0 Å². The molecule has 4 heteroatoms. The molecule has 1 fully saturated rings. The Hall–Kier alpha value is -2.62. The van der Waals surface area contributed by atoms with Crippen LogP contribution in [0.15, 0.2) is 64.4 Å². The summed E-state index contributed by atoms with van der Waals surface area (Å²) in [4.78, 5) is 16.2. The summed E-state index contributed by atoms with van der Waals surface area (Å²) in [5, 5.41) is 0. The zero-order chi connectivity index (χ0) is 13.7. The molecule has 0 radical (unpaired) electrons. The number of aromatic nitrogens is 1. The normalized spacial score (nSPS) is 17.9. The van der Waals surface area contributed by atoms with Crippen LogP contribution in [0.25, 0.3) is 0 Å². The summed E-state index contributed by atoms with van der Waals surface area (Å²) in [6, 6.07) is 3.29. The van der Waals surface area contributed by atoms with E-state index in [9.17, 15) is 4.79 Å². The Balaban J connectivity index is 1.60. The molecule has 0 aliphatic heterocycles. The molecule has 1 aromatic rings. The van der Waals surface area contributed by atoms with E-state index in [-0.39, 0.29) is 11.8 Å². The third kappa shape index (κ3) is 1.61. The summed E-state index contributed by atoms with van der Waals surface area (Å²) in [5.41, 5.74) is 5.44. The highest BCUT2D eigenvalue weighted by atomic mass is 16.5. The third-order valence-corrected chi connectivity index (χ3v) is 3.63. The number of carbonyl (C=O) groups is 1. The van der Waals surface area contributed by atoms with Gasteiger partial charge in [-0.3, -0.25) is 0 Å². The molecule has 0 bridgehead atoms. The van der Waals surface area contributed by atoms with Gasteiger partial charge in [-0.25, -0.2) is 9.78 Å². The van der Waals surface area contributed by atoms with Gasteiger partial charge in [0.05, 0.1) is 12.7 Å². The number of fused-ring (bicyclic) bond motifs is 2. The van der Waals surface area contributed by atoms with Crippen LogP contribution in [0.5, 0.6) is 11.6 Å². The first-order chi connectivity index (χ1) is 9.76. The lowest BCUT2D eigenvalue weighted by Gasteiger charge is -2.06. The molecule has 3 aliphatic rings. The van der Waals surface area contributed by atoms with Crippen molar-refractivity contribution in [2.45, 2.75) is 6.42 Å². The molecular formula is C16H11NO3. The Morgan fingerprint density at radius 2 is 2.20 bits per heavy atom. The molecule has 1 aromatic heterocycles. The molecule has 0 unspecified atom stereocenters. The van der Waals surface area contributed by atoms with Gasteiger partial charge in [-0.05, 0) is 46.9 Å². The lowest BCUT2D eigenvalue weighted by molar-refractivity contribution is -0.130. The van der Waals surface area contributed by atoms with Crippen molar-refractivity contribution >= 4 is 5.97 Å². The maximum atomic E-state index is 12.2. The Labute approximate surface area is 115 Å². The van der Waals surface area contributed by atoms with Gasteiger partial charge in [0.15, 0.2) is 0 Å². The predicted molar refractivity (Wildman–Crippen MR) is 72.3 cm³/mol. The van der Waals surface area contributed by atoms with Crippen LogP contribution in [-0.2, 0) is 4.79 Å². The number of nitrogens with zero attached hydrogens (tertiary/aromatic N) is 1. The van der Waals surface area contributed by atoms with Crippen molar-refractivity contribution in [1.82, 2.24) is 4.98 Å². The van der Waals surface area contributed by atoms with Crippen molar-refractivity contribution < 1.29 is 14.3 Å². The Morgan fingerprint density at radius 1 is 1.30 bits per heavy atom. The third-order valence-electron chi connectivity index (χ3n) is 3.63. The van der Waals surface area contributed by atoms with E-state index in [4.69, 9.17) is 9.47 Å². The average molecular weight is 265 g/mol. The first-order valence-corrected chi connectivity index (χ1v) is 6.35. The standard InChI is InChI=1S/C16H11NO3/c1-19-10-4-5-17-15(8-10)20-16(18)12-3-2-11-13-6-9(13)7-14(11)12/h2-5,7-8H,6H2,1H3. The largest absolute Gasteiger partial charge is 0.497 e. The Bertz CT molecular complexity index is 766. The number of methoxy groups -OCH3 is 1. The number of hydrogen-bond donors (Lipinski definition) is 0. The molecule has 20 heavy (non-hydrogen) atoms. The second-order valence-electron chi connectivity index (χ2n) is 4.82. The topological polar surface area (TPSA) is 48.4 Å². The van der Waals surface area contributed by atoms with Gasteiger partial charge in [-0.15, -0.1) is 0 Å². The van der Waals surface area contributed by atoms with Crippen LogP contribution >= 0.6 is 0 Å². The molecule has 0 amide bonds. The Kier molecular flexibility index (Phi) is 2.21. The van der Waals surface area contributed by atoms with Crippen LogP contribution in [0.3, 0.4) is 0 Å². The molecule has 3 aliphatic carbocycles. The summed E-state index contributed by atoms with van der Waals surface area (Å²) in [5.74, 6) is 0.466. The van der Waals surface area contributed by atoms with Crippen LogP contribution in [-0.4, -0.2) is 18.1 Å². The average Bonchev–Trinajstić information content (AvgIpc) is 2.94. The van der Waals surface area contributed by atoms with Gasteiger partial charge in [-0.2, -0.15) is 0 Å². The van der Waals surface area contributed by atoms with Gasteiger partial charge < -0.3 is 9.47 Å². The van der Waals surface area contributed by atoms with Crippen molar-refractivity contribution in [3.05, 3.63) is 64.4 Å². The highest BCUT2D eigenvalue weighted by molar-refractivity contribution is 5.99. The molecule has 0 aromatic carbocycles. The highest BCUT2D eigenvalue weighted by Crippen LogP contribution is 2.51. The van der Waals surface area contributed by atoms with Crippen molar-refractivity contribution in [2.24, 2.45) is 0 Å². The monoisotopic (exact) mass is 265 g/mol. The van der Waals surface area contributed by atoms with E-state index >= 15 is 0 Å². The summed E-state index contributed by atoms with van der Waals surface area (Å²) in [6.07, 6.45) is 8.47. The van der Waals surface area contributed by atoms with Crippen molar-refractivity contribution in [3.63, 3.8) is 0 Å². The zero-order valence-electron chi connectivity index (χ0n) is 10.8. The van der Waals surface area contributed by atoms with E-state index in [1.165, 1.54) is 16.7 Å². The van der Waals surface area contributed by atoms with Crippen LogP contribution in [0, 0.1) is 0 Å². The van der Waals surface area contributed by atoms with E-state index in [1.54, 1.807) is 25.4 Å². The van der Waals surface area contributed by atoms with Crippen molar-refractivity contribution in [1.29, 1.82) is 0 Å². The zero-order valence-corrected chi connectivity index (χ0v) is 10.8. The van der Waals surface area contributed by atoms with Gasteiger partial charge in [-0.1, -0.05) is 6.08 Å². The molecule has 0 N–H and O–H groups in total. The van der Waals surface area contributed by atoms with E-state index in [0.29, 0.717) is 11.3 Å². The van der Waals surface area contributed by atoms with Crippen LogP contribution in [0.2, 0.25) is 0 Å². The fraction of sp³-hybridized carbons (Fsp3) is 0.125. The number of allylic oxidation sites excluding steroid dienone is 6. The summed E-state index contributed by atoms with van der Waals surface area (Å²) in [6.45, 7) is 0. The number of carbonyl (C=O) groups excluding carboxylic acids is 1. The molecule has 0 saturated heterocycles. The van der Waals surface area contributed by atoms with Gasteiger partial charge in [0.25, 0.3) is 0 Å². The molecule has 0 spiro atoms. The van der Waals surface area contributed by atoms with Crippen LogP contribution in [0.1, 0.15) is 6.42 Å². The maximum absolute atomic E-state index is 12.2. The summed E-state index contributed by atoms with van der Waals surface area (Å²) in [7, 11) is 1.56. The van der Waals surface area contributed by atoms with Gasteiger partial charge in [0.2, 0.25) is 5.88 Å². The highest BCUT2D eigenvalue weighted by Gasteiger charge is 2.36. The minimum atomic E-state index is -0.384. The first-order valence-electron chi connectivity index (χ1n) is 6.35. The van der Waals surface area contributed by atoms with Crippen molar-refractivity contribution in [2.75, 3.05) is 7.11 Å². The maximum Gasteiger partial charge on any atom is 0.345 e. The van der Waals surface area contributed by atoms with Crippen LogP contribution in [0.4, 0.5) is 0 Å². The van der Waals surface area contributed by atoms with Gasteiger partial charge in [0, 0.05) is 12.3 Å². The second kappa shape index (κ2) is 3.93. The lowest BCUT2D eigenvalue weighted by Crippen LogP contribution is -2.11. The number of ether oxygens (including phenoxy) is 2. The molecule has 1 heterocycles. The quantitative estimate of drug-likeness (QED) is 0.788. The molecule has 1 saturated carbocycles. The number of esters is 1. The fourth-order valence-electron chi connectivity index (χ4n) is 2.54. The smallest absolute Gasteiger partial charge is 0.345 e. The van der Waals surface area contributed by atoms with Crippen molar-refractivity contribution in [3.8, 4) is 11.6 Å². The number of hydrogen-bond acceptors (Lipinski definition) is 4. The van der Waals surface area contributed by atoms with E-state index in [2.05, 4.69) is 11.1 Å². The molecule has 4 rings (SSSR count). The Morgan fingerprint density at radius 3 is 3.05 bits per heavy atom. The molecule has 98 valence electrons. The second-order valence-corrected chi connectivity index (χ2v) is 4.82. The minimum Gasteiger partial charge on any atom is -0.497 e. The molecule has 4 nitrogen and oxygen atoms in total. The summed E-state index contributed by atoms with van der Waals surface area (Å²) < 4.78 is 10.4. The number of rotatable bonds is 3. The predicted octanol–water partition coefficient (Wildman–Crippen LogP) is 2.50. The van der Waals surface area contributed by atoms with E-state index in [1.807, 2.05) is 12.2 Å². The molecule has 0 atom stereocenters. The minimum absolute atomic E-state index is 0.243. The number of pyridine rings is 1. The van der Waals surface area contributed by atoms with Crippen LogP contribution < -0.4 is 9.47 Å². The lowest BCUT2D eigenvalue weighted by atomic mass is 10.1. The molecular weight excluding hydrogens is 254 g/mol. The van der Waals surface area contributed by atoms with Gasteiger partial charge in [0.1, 0.15) is 5.75 Å². The first kappa shape index (κ1) is 11.2. The van der Waals surface area contributed by atoms with E-state index < -0.39 is 0 Å². The SMILES string of the molecule is COc1ccnc(OC(=O)C2=C3C=C4CC4=C3C=C2)c1. The van der Waals surface area contributed by atoms with Gasteiger partial charge >= 0.3 is 5.97 Å².